The number of aliphatic hydroxyl groups excluding tert-OH is 1. The molecular weight excluding hydrogens is 492 g/mol. The number of aliphatic hydroxyl groups is 1. The molecule has 216 valence electrons. The van der Waals surface area contributed by atoms with Gasteiger partial charge in [0, 0.05) is 53.8 Å². The maximum atomic E-state index is 11.0. The van der Waals surface area contributed by atoms with E-state index >= 15 is 0 Å². The van der Waals surface area contributed by atoms with Gasteiger partial charge in [0.15, 0.2) is 0 Å². The number of rotatable bonds is 30. The number of carbonyl (C=O) groups excluding carboxylic acids is 1. The minimum atomic E-state index is -0.857. The van der Waals surface area contributed by atoms with Crippen molar-refractivity contribution in [3.63, 3.8) is 0 Å². The molecule has 1 N–H and O–H groups in total. The van der Waals surface area contributed by atoms with Crippen molar-refractivity contribution < 1.29 is 52.5 Å². The van der Waals surface area contributed by atoms with Crippen LogP contribution in [0.15, 0.2) is 0 Å². The Morgan fingerprint density at radius 1 is 0.694 bits per heavy atom. The zero-order valence-corrected chi connectivity index (χ0v) is 24.0. The van der Waals surface area contributed by atoms with Gasteiger partial charge in [-0.15, -0.1) is 0 Å². The second kappa shape index (κ2) is 27.5. The van der Waals surface area contributed by atoms with Crippen LogP contribution in [0.25, 0.3) is 0 Å². The average molecular weight is 543 g/mol. The van der Waals surface area contributed by atoms with Crippen LogP contribution >= 0.6 is 0 Å². The maximum Gasteiger partial charge on any atom is 0.119 e. The summed E-state index contributed by atoms with van der Waals surface area (Å²) in [5.41, 5.74) is -0.901. The molecule has 0 fully saturated rings. The fraction of sp³-hybridized carbons (Fsp3) is 0.958. The summed E-state index contributed by atoms with van der Waals surface area (Å²) in [5.74, 6) is 0. The molecule has 0 saturated heterocycles. The van der Waals surface area contributed by atoms with Crippen LogP contribution in [0.2, 0.25) is 6.04 Å². The van der Waals surface area contributed by atoms with E-state index in [9.17, 15) is 9.90 Å². The van der Waals surface area contributed by atoms with Gasteiger partial charge in [0.05, 0.1) is 100 Å². The highest BCUT2D eigenvalue weighted by atomic mass is 28.2. The highest BCUT2D eigenvalue weighted by Crippen LogP contribution is 2.29. The van der Waals surface area contributed by atoms with Crippen LogP contribution in [0.3, 0.4) is 0 Å². The summed E-state index contributed by atoms with van der Waals surface area (Å²) in [6, 6.07) is 0.799. The van der Waals surface area contributed by atoms with E-state index in [4.69, 9.17) is 42.6 Å². The van der Waals surface area contributed by atoms with Gasteiger partial charge in [-0.25, -0.2) is 0 Å². The molecule has 36 heavy (non-hydrogen) atoms. The first-order chi connectivity index (χ1) is 17.7. The van der Waals surface area contributed by atoms with Gasteiger partial charge in [-0.2, -0.15) is 0 Å². The largest absolute Gasteiger partial charge is 0.394 e. The van der Waals surface area contributed by atoms with E-state index in [1.807, 2.05) is 0 Å². The van der Waals surface area contributed by atoms with Crippen LogP contribution in [0.4, 0.5) is 0 Å². The molecule has 0 aromatic heterocycles. The van der Waals surface area contributed by atoms with Crippen LogP contribution < -0.4 is 0 Å². The van der Waals surface area contributed by atoms with Gasteiger partial charge >= 0.3 is 0 Å². The van der Waals surface area contributed by atoms with Crippen molar-refractivity contribution in [3.8, 4) is 0 Å². The van der Waals surface area contributed by atoms with E-state index < -0.39 is 15.1 Å². The lowest BCUT2D eigenvalue weighted by atomic mass is 9.96. The van der Waals surface area contributed by atoms with Gasteiger partial charge in [0.25, 0.3) is 0 Å². The average Bonchev–Trinajstić information content (AvgIpc) is 2.89. The smallest absolute Gasteiger partial charge is 0.119 e. The van der Waals surface area contributed by atoms with E-state index in [1.54, 1.807) is 21.3 Å². The van der Waals surface area contributed by atoms with Crippen molar-refractivity contribution in [3.05, 3.63) is 0 Å². The van der Waals surface area contributed by atoms with Gasteiger partial charge in [-0.3, -0.25) is 0 Å². The number of hydrogen-bond donors (Lipinski definition) is 1. The summed E-state index contributed by atoms with van der Waals surface area (Å²) < 4.78 is 50.3. The first-order valence-corrected chi connectivity index (χ1v) is 14.6. The SMILES string of the molecule is COCCOCCOCCC(CCOCCOCCOC)(OCCO)C(OCCOC)[SiH2]CCC=O. The summed E-state index contributed by atoms with van der Waals surface area (Å²) in [6.45, 7) is 5.79. The maximum absolute atomic E-state index is 11.0. The zero-order valence-electron chi connectivity index (χ0n) is 22.6. The third kappa shape index (κ3) is 19.6. The number of ether oxygens (including phenoxy) is 9. The van der Waals surface area contributed by atoms with Crippen LogP contribution in [-0.2, 0) is 47.4 Å². The van der Waals surface area contributed by atoms with Gasteiger partial charge < -0.3 is 52.5 Å². The summed E-state index contributed by atoms with van der Waals surface area (Å²) in [4.78, 5) is 11.0. The van der Waals surface area contributed by atoms with Crippen LogP contribution in [-0.4, -0.2) is 146 Å². The van der Waals surface area contributed by atoms with Gasteiger partial charge in [0.2, 0.25) is 0 Å². The van der Waals surface area contributed by atoms with Gasteiger partial charge in [-0.1, -0.05) is 6.04 Å². The highest BCUT2D eigenvalue weighted by Gasteiger charge is 2.40. The van der Waals surface area contributed by atoms with Crippen molar-refractivity contribution in [2.24, 2.45) is 0 Å². The van der Waals surface area contributed by atoms with E-state index in [2.05, 4.69) is 0 Å². The normalized spacial score (nSPS) is 13.1. The molecule has 0 aliphatic heterocycles. The molecule has 0 heterocycles. The number of methoxy groups -OCH3 is 3. The molecule has 0 spiro atoms. The van der Waals surface area contributed by atoms with Gasteiger partial charge in [0.1, 0.15) is 6.29 Å². The van der Waals surface area contributed by atoms with E-state index in [1.165, 1.54) is 0 Å². The summed E-state index contributed by atoms with van der Waals surface area (Å²) >= 11 is 0. The molecule has 0 amide bonds. The second-order valence-electron chi connectivity index (χ2n) is 8.02. The lowest BCUT2D eigenvalue weighted by Crippen LogP contribution is -2.52. The standard InChI is InChI=1S/C24H50O11Si/c1-27-12-15-32-19-17-30-9-5-24(35-11-8-26,6-10-31-18-20-33-16-13-28-2)23(34-21-14-29-3)36-22-4-7-25/h7,23,26H,4-6,8-22,36H2,1-3H3. The predicted octanol–water partition coefficient (Wildman–Crippen LogP) is 0.0387. The Hall–Kier alpha value is -0.513. The summed E-state index contributed by atoms with van der Waals surface area (Å²) in [7, 11) is 4.04. The molecule has 12 heteroatoms. The molecular formula is C24H50O11Si. The summed E-state index contributed by atoms with van der Waals surface area (Å²) in [5, 5.41) is 9.53. The van der Waals surface area contributed by atoms with E-state index in [0.29, 0.717) is 98.5 Å². The number of carbonyl (C=O) groups is 1. The van der Waals surface area contributed by atoms with Crippen molar-refractivity contribution in [1.29, 1.82) is 0 Å². The number of aldehydes is 1. The molecule has 1 unspecified atom stereocenters. The Kier molecular flexibility index (Phi) is 27.1. The topological polar surface area (TPSA) is 120 Å². The van der Waals surface area contributed by atoms with Gasteiger partial charge in [-0.05, 0) is 0 Å². The second-order valence-corrected chi connectivity index (χ2v) is 10.0. The molecule has 0 radical (unpaired) electrons. The molecule has 0 saturated carbocycles. The lowest BCUT2D eigenvalue weighted by Gasteiger charge is -2.41. The third-order valence-corrected chi connectivity index (χ3v) is 7.73. The monoisotopic (exact) mass is 542 g/mol. The summed E-state index contributed by atoms with van der Waals surface area (Å²) in [6.07, 6.45) is 2.56. The van der Waals surface area contributed by atoms with E-state index in [0.717, 1.165) is 12.3 Å². The number of hydrogen-bond acceptors (Lipinski definition) is 11. The Bertz CT molecular complexity index is 440. The highest BCUT2D eigenvalue weighted by molar-refractivity contribution is 6.38. The Morgan fingerprint density at radius 2 is 1.17 bits per heavy atom. The van der Waals surface area contributed by atoms with Crippen LogP contribution in [0, 0.1) is 0 Å². The molecule has 1 atom stereocenters. The fourth-order valence-corrected chi connectivity index (χ4v) is 5.67. The zero-order chi connectivity index (χ0) is 26.6. The fourth-order valence-electron chi connectivity index (χ4n) is 3.51. The van der Waals surface area contributed by atoms with Crippen molar-refractivity contribution in [2.45, 2.75) is 36.6 Å². The molecule has 11 nitrogen and oxygen atoms in total. The first kappa shape index (κ1) is 35.5. The third-order valence-electron chi connectivity index (χ3n) is 5.41. The van der Waals surface area contributed by atoms with Crippen molar-refractivity contribution in [1.82, 2.24) is 0 Å². The molecule has 0 aromatic rings. The van der Waals surface area contributed by atoms with Crippen LogP contribution in [0.5, 0.6) is 0 Å². The minimum Gasteiger partial charge on any atom is -0.394 e. The minimum absolute atomic E-state index is 0.106. The molecule has 0 aromatic carbocycles. The Balaban J connectivity index is 5.14. The van der Waals surface area contributed by atoms with E-state index in [-0.39, 0.29) is 18.9 Å². The quantitative estimate of drug-likeness (QED) is 0.0752. The van der Waals surface area contributed by atoms with Crippen molar-refractivity contribution in [2.75, 3.05) is 114 Å². The molecule has 0 aliphatic carbocycles. The first-order valence-electron chi connectivity index (χ1n) is 12.8. The molecule has 0 rings (SSSR count). The molecule has 0 aliphatic rings. The Morgan fingerprint density at radius 3 is 1.64 bits per heavy atom. The predicted molar refractivity (Wildman–Crippen MR) is 138 cm³/mol. The molecule has 0 bridgehead atoms. The Labute approximate surface area is 219 Å². The lowest BCUT2D eigenvalue weighted by molar-refractivity contribution is -0.151. The van der Waals surface area contributed by atoms with Crippen molar-refractivity contribution >= 4 is 15.8 Å². The van der Waals surface area contributed by atoms with Crippen LogP contribution in [0.1, 0.15) is 19.3 Å².